The number of nitrogens with zero attached hydrogens (tertiary/aromatic N) is 1. The molecule has 1 aromatic rings. The molecule has 4 heteroatoms. The Balaban J connectivity index is 1.92. The molecular weight excluding hydrogens is 240 g/mol. The SMILES string of the molecule is CCCNCc1cc(CN2CCOCC2C)c(C)o1. The Morgan fingerprint density at radius 1 is 1.47 bits per heavy atom. The van der Waals surface area contributed by atoms with Crippen molar-refractivity contribution in [2.24, 2.45) is 0 Å². The van der Waals surface area contributed by atoms with Crippen molar-refractivity contribution in [1.29, 1.82) is 0 Å². The number of hydrogen-bond acceptors (Lipinski definition) is 4. The van der Waals surface area contributed by atoms with E-state index in [0.29, 0.717) is 6.04 Å². The van der Waals surface area contributed by atoms with Gasteiger partial charge in [-0.2, -0.15) is 0 Å². The maximum Gasteiger partial charge on any atom is 0.118 e. The Bertz CT molecular complexity index is 389. The zero-order valence-corrected chi connectivity index (χ0v) is 12.4. The molecule has 0 saturated carbocycles. The Labute approximate surface area is 116 Å². The van der Waals surface area contributed by atoms with Gasteiger partial charge in [-0.15, -0.1) is 0 Å². The summed E-state index contributed by atoms with van der Waals surface area (Å²) in [4.78, 5) is 2.46. The predicted octanol–water partition coefficient (Wildman–Crippen LogP) is 2.31. The van der Waals surface area contributed by atoms with Crippen molar-refractivity contribution in [1.82, 2.24) is 10.2 Å². The van der Waals surface area contributed by atoms with Crippen molar-refractivity contribution < 1.29 is 9.15 Å². The van der Waals surface area contributed by atoms with Gasteiger partial charge in [0, 0.05) is 24.7 Å². The highest BCUT2D eigenvalue weighted by Crippen LogP contribution is 2.19. The van der Waals surface area contributed by atoms with E-state index in [9.17, 15) is 0 Å². The van der Waals surface area contributed by atoms with Crippen molar-refractivity contribution in [3.63, 3.8) is 0 Å². The second kappa shape index (κ2) is 7.08. The topological polar surface area (TPSA) is 37.6 Å². The van der Waals surface area contributed by atoms with Crippen molar-refractivity contribution >= 4 is 0 Å². The molecule has 1 N–H and O–H groups in total. The van der Waals surface area contributed by atoms with Crippen LogP contribution in [0.1, 0.15) is 37.4 Å². The number of rotatable bonds is 6. The lowest BCUT2D eigenvalue weighted by Crippen LogP contribution is -2.42. The van der Waals surface area contributed by atoms with Crippen LogP contribution in [0.3, 0.4) is 0 Å². The average molecular weight is 266 g/mol. The molecule has 1 aliphatic rings. The lowest BCUT2D eigenvalue weighted by Gasteiger charge is -2.32. The number of furan rings is 1. The Morgan fingerprint density at radius 3 is 3.05 bits per heavy atom. The van der Waals surface area contributed by atoms with Crippen LogP contribution < -0.4 is 5.32 Å². The highest BCUT2D eigenvalue weighted by molar-refractivity contribution is 5.21. The van der Waals surface area contributed by atoms with Gasteiger partial charge in [-0.25, -0.2) is 0 Å². The molecule has 0 amide bonds. The molecule has 0 aromatic carbocycles. The van der Waals surface area contributed by atoms with Gasteiger partial charge >= 0.3 is 0 Å². The number of aryl methyl sites for hydroxylation is 1. The largest absolute Gasteiger partial charge is 0.465 e. The van der Waals surface area contributed by atoms with Gasteiger partial charge in [-0.3, -0.25) is 4.90 Å². The molecule has 1 unspecified atom stereocenters. The van der Waals surface area contributed by atoms with E-state index >= 15 is 0 Å². The molecule has 0 spiro atoms. The maximum absolute atomic E-state index is 5.82. The normalized spacial score (nSPS) is 20.9. The Kier molecular flexibility index (Phi) is 5.43. The van der Waals surface area contributed by atoms with Crippen molar-refractivity contribution in [2.75, 3.05) is 26.3 Å². The average Bonchev–Trinajstić information content (AvgIpc) is 2.73. The fourth-order valence-electron chi connectivity index (χ4n) is 2.44. The minimum atomic E-state index is 0.490. The summed E-state index contributed by atoms with van der Waals surface area (Å²) in [6.45, 7) is 12.0. The molecule has 0 radical (unpaired) electrons. The monoisotopic (exact) mass is 266 g/mol. The maximum atomic E-state index is 5.82. The summed E-state index contributed by atoms with van der Waals surface area (Å²) < 4.78 is 11.3. The highest BCUT2D eigenvalue weighted by Gasteiger charge is 2.20. The van der Waals surface area contributed by atoms with E-state index in [4.69, 9.17) is 9.15 Å². The summed E-state index contributed by atoms with van der Waals surface area (Å²) in [5.74, 6) is 2.09. The summed E-state index contributed by atoms with van der Waals surface area (Å²) in [5, 5.41) is 3.38. The molecule has 1 fully saturated rings. The van der Waals surface area contributed by atoms with Crippen molar-refractivity contribution in [3.8, 4) is 0 Å². The van der Waals surface area contributed by atoms with Gasteiger partial charge in [0.15, 0.2) is 0 Å². The molecule has 19 heavy (non-hydrogen) atoms. The fraction of sp³-hybridized carbons (Fsp3) is 0.733. The first kappa shape index (κ1) is 14.6. The van der Waals surface area contributed by atoms with E-state index in [0.717, 1.165) is 57.3 Å². The van der Waals surface area contributed by atoms with Crippen LogP contribution in [0.4, 0.5) is 0 Å². The fourth-order valence-corrected chi connectivity index (χ4v) is 2.44. The first-order valence-corrected chi connectivity index (χ1v) is 7.31. The number of ether oxygens (including phenoxy) is 1. The van der Waals surface area contributed by atoms with Crippen LogP contribution in [0.15, 0.2) is 10.5 Å². The predicted molar refractivity (Wildman–Crippen MR) is 76.1 cm³/mol. The Hall–Kier alpha value is -0.840. The van der Waals surface area contributed by atoms with Gasteiger partial charge in [0.2, 0.25) is 0 Å². The Morgan fingerprint density at radius 2 is 2.32 bits per heavy atom. The minimum Gasteiger partial charge on any atom is -0.465 e. The molecule has 0 aliphatic carbocycles. The minimum absolute atomic E-state index is 0.490. The van der Waals surface area contributed by atoms with E-state index < -0.39 is 0 Å². The summed E-state index contributed by atoms with van der Waals surface area (Å²) >= 11 is 0. The second-order valence-corrected chi connectivity index (χ2v) is 5.37. The van der Waals surface area contributed by atoms with Crippen LogP contribution in [0.2, 0.25) is 0 Å². The quantitative estimate of drug-likeness (QED) is 0.802. The smallest absolute Gasteiger partial charge is 0.118 e. The third-order valence-electron chi connectivity index (χ3n) is 3.68. The third-order valence-corrected chi connectivity index (χ3v) is 3.68. The van der Waals surface area contributed by atoms with Crippen LogP contribution >= 0.6 is 0 Å². The summed E-state index contributed by atoms with van der Waals surface area (Å²) in [5.41, 5.74) is 1.31. The van der Waals surface area contributed by atoms with Gasteiger partial charge in [0.25, 0.3) is 0 Å². The van der Waals surface area contributed by atoms with E-state index in [2.05, 4.69) is 37.1 Å². The molecular formula is C15H26N2O2. The third kappa shape index (κ3) is 4.06. The van der Waals surface area contributed by atoms with Crippen LogP contribution in [-0.4, -0.2) is 37.2 Å². The molecule has 2 rings (SSSR count). The van der Waals surface area contributed by atoms with Crippen LogP contribution in [0.25, 0.3) is 0 Å². The van der Waals surface area contributed by atoms with Crippen LogP contribution in [0.5, 0.6) is 0 Å². The summed E-state index contributed by atoms with van der Waals surface area (Å²) in [7, 11) is 0. The molecule has 0 bridgehead atoms. The number of hydrogen-bond donors (Lipinski definition) is 1. The van der Waals surface area contributed by atoms with E-state index in [1.54, 1.807) is 0 Å². The van der Waals surface area contributed by atoms with Crippen molar-refractivity contribution in [3.05, 3.63) is 23.2 Å². The standard InChI is InChI=1S/C15H26N2O2/c1-4-5-16-9-15-8-14(13(3)19-15)10-17-6-7-18-11-12(17)2/h8,12,16H,4-7,9-11H2,1-3H3. The van der Waals surface area contributed by atoms with Crippen molar-refractivity contribution in [2.45, 2.75) is 46.3 Å². The van der Waals surface area contributed by atoms with Gasteiger partial charge in [0.1, 0.15) is 11.5 Å². The van der Waals surface area contributed by atoms with Gasteiger partial charge < -0.3 is 14.5 Å². The summed E-state index contributed by atoms with van der Waals surface area (Å²) in [6, 6.07) is 2.69. The molecule has 1 aromatic heterocycles. The van der Waals surface area contributed by atoms with E-state index in [1.807, 2.05) is 0 Å². The zero-order valence-electron chi connectivity index (χ0n) is 12.4. The van der Waals surface area contributed by atoms with E-state index in [-0.39, 0.29) is 0 Å². The number of morpholine rings is 1. The lowest BCUT2D eigenvalue weighted by atomic mass is 10.2. The zero-order chi connectivity index (χ0) is 13.7. The van der Waals surface area contributed by atoms with E-state index in [1.165, 1.54) is 5.56 Å². The molecule has 2 heterocycles. The second-order valence-electron chi connectivity index (χ2n) is 5.37. The van der Waals surface area contributed by atoms with Crippen LogP contribution in [-0.2, 0) is 17.8 Å². The lowest BCUT2D eigenvalue weighted by molar-refractivity contribution is -0.00454. The first-order valence-electron chi connectivity index (χ1n) is 7.31. The molecule has 108 valence electrons. The number of nitrogens with one attached hydrogen (secondary N) is 1. The van der Waals surface area contributed by atoms with Gasteiger partial charge in [-0.05, 0) is 32.9 Å². The highest BCUT2D eigenvalue weighted by atomic mass is 16.5. The van der Waals surface area contributed by atoms with Gasteiger partial charge in [-0.1, -0.05) is 6.92 Å². The van der Waals surface area contributed by atoms with Gasteiger partial charge in [0.05, 0.1) is 19.8 Å². The molecule has 1 atom stereocenters. The van der Waals surface area contributed by atoms with Crippen LogP contribution in [0, 0.1) is 6.92 Å². The molecule has 1 saturated heterocycles. The molecule has 4 nitrogen and oxygen atoms in total. The first-order chi connectivity index (χ1) is 9.20. The summed E-state index contributed by atoms with van der Waals surface area (Å²) in [6.07, 6.45) is 1.15. The molecule has 1 aliphatic heterocycles.